The van der Waals surface area contributed by atoms with Crippen molar-refractivity contribution in [3.8, 4) is 5.75 Å². The van der Waals surface area contributed by atoms with Crippen molar-refractivity contribution in [2.45, 2.75) is 71.4 Å². The van der Waals surface area contributed by atoms with Crippen LogP contribution in [0.5, 0.6) is 5.75 Å². The summed E-state index contributed by atoms with van der Waals surface area (Å²) < 4.78 is 7.97. The topological polar surface area (TPSA) is 69.0 Å². The number of aromatic nitrogens is 3. The molecule has 0 spiro atoms. The molecular weight excluding hydrogens is 340 g/mol. The second-order valence-corrected chi connectivity index (χ2v) is 7.52. The number of carbonyl (C=O) groups is 1. The van der Waals surface area contributed by atoms with Crippen molar-refractivity contribution < 1.29 is 9.53 Å². The standard InChI is InChI=1S/C21H30N4O2/c1-14-19(16(3)25(4)24-14)11-12-21(26)23-17-7-9-18(10-8-17)27-20-6-5-13-22-15(20)2/h5-6,13,17-18H,7-12H2,1-4H3,(H,23,26). The molecule has 146 valence electrons. The summed E-state index contributed by atoms with van der Waals surface area (Å²) in [6.07, 6.45) is 7.08. The molecule has 1 aliphatic carbocycles. The molecule has 3 rings (SSSR count). The molecule has 0 bridgehead atoms. The number of pyridine rings is 1. The molecule has 1 saturated carbocycles. The largest absolute Gasteiger partial charge is 0.489 e. The van der Waals surface area contributed by atoms with Crippen LogP contribution in [-0.2, 0) is 18.3 Å². The molecule has 0 saturated heterocycles. The van der Waals surface area contributed by atoms with E-state index in [1.807, 2.05) is 37.7 Å². The first-order valence-corrected chi connectivity index (χ1v) is 9.80. The third kappa shape index (κ3) is 4.87. The highest BCUT2D eigenvalue weighted by molar-refractivity contribution is 5.76. The molecule has 0 unspecified atom stereocenters. The first kappa shape index (κ1) is 19.4. The zero-order valence-corrected chi connectivity index (χ0v) is 16.8. The fraction of sp³-hybridized carbons (Fsp3) is 0.571. The molecule has 2 heterocycles. The van der Waals surface area contributed by atoms with Gasteiger partial charge in [0.25, 0.3) is 0 Å². The highest BCUT2D eigenvalue weighted by Gasteiger charge is 2.24. The molecule has 1 aliphatic rings. The zero-order chi connectivity index (χ0) is 19.4. The lowest BCUT2D eigenvalue weighted by Gasteiger charge is -2.29. The monoisotopic (exact) mass is 370 g/mol. The van der Waals surface area contributed by atoms with Gasteiger partial charge in [-0.2, -0.15) is 5.10 Å². The van der Waals surface area contributed by atoms with E-state index in [-0.39, 0.29) is 18.1 Å². The Bertz CT molecular complexity index is 791. The van der Waals surface area contributed by atoms with Crippen LogP contribution in [0.15, 0.2) is 18.3 Å². The van der Waals surface area contributed by atoms with Gasteiger partial charge in [-0.25, -0.2) is 0 Å². The van der Waals surface area contributed by atoms with Gasteiger partial charge in [0.15, 0.2) is 0 Å². The zero-order valence-electron chi connectivity index (χ0n) is 16.8. The van der Waals surface area contributed by atoms with Crippen LogP contribution in [0.1, 0.15) is 54.7 Å². The summed E-state index contributed by atoms with van der Waals surface area (Å²) in [6, 6.07) is 4.13. The average molecular weight is 370 g/mol. The second-order valence-electron chi connectivity index (χ2n) is 7.52. The van der Waals surface area contributed by atoms with Gasteiger partial charge in [0.1, 0.15) is 5.75 Å². The normalized spacial score (nSPS) is 19.7. The maximum Gasteiger partial charge on any atom is 0.220 e. The van der Waals surface area contributed by atoms with Crippen LogP contribution in [0.2, 0.25) is 0 Å². The summed E-state index contributed by atoms with van der Waals surface area (Å²) in [5.74, 6) is 0.998. The van der Waals surface area contributed by atoms with Crippen LogP contribution in [0.3, 0.4) is 0 Å². The van der Waals surface area contributed by atoms with Crippen LogP contribution < -0.4 is 10.1 Å². The summed E-state index contributed by atoms with van der Waals surface area (Å²) in [5.41, 5.74) is 4.28. The molecular formula is C21H30N4O2. The fourth-order valence-corrected chi connectivity index (χ4v) is 3.82. The number of rotatable bonds is 6. The van der Waals surface area contributed by atoms with Crippen LogP contribution >= 0.6 is 0 Å². The van der Waals surface area contributed by atoms with E-state index in [1.165, 1.54) is 5.56 Å². The van der Waals surface area contributed by atoms with Gasteiger partial charge in [0, 0.05) is 31.4 Å². The number of hydrogen-bond donors (Lipinski definition) is 1. The van der Waals surface area contributed by atoms with E-state index in [0.717, 1.165) is 54.9 Å². The average Bonchev–Trinajstić information content (AvgIpc) is 2.89. The first-order valence-electron chi connectivity index (χ1n) is 9.80. The lowest BCUT2D eigenvalue weighted by Crippen LogP contribution is -2.39. The molecule has 2 aromatic heterocycles. The minimum absolute atomic E-state index is 0.130. The van der Waals surface area contributed by atoms with Crippen LogP contribution in [0.4, 0.5) is 0 Å². The fourth-order valence-electron chi connectivity index (χ4n) is 3.82. The number of ether oxygens (including phenoxy) is 1. The Labute approximate surface area is 161 Å². The second kappa shape index (κ2) is 8.55. The maximum absolute atomic E-state index is 12.4. The highest BCUT2D eigenvalue weighted by atomic mass is 16.5. The summed E-state index contributed by atoms with van der Waals surface area (Å²) in [4.78, 5) is 16.6. The van der Waals surface area contributed by atoms with Crippen LogP contribution in [0, 0.1) is 20.8 Å². The van der Waals surface area contributed by atoms with Crippen molar-refractivity contribution in [2.75, 3.05) is 0 Å². The lowest BCUT2D eigenvalue weighted by molar-refractivity contribution is -0.122. The Hall–Kier alpha value is -2.37. The van der Waals surface area contributed by atoms with Gasteiger partial charge >= 0.3 is 0 Å². The number of nitrogens with zero attached hydrogens (tertiary/aromatic N) is 3. The SMILES string of the molecule is Cc1ncccc1OC1CCC(NC(=O)CCc2c(C)nn(C)c2C)CC1. The van der Waals surface area contributed by atoms with E-state index >= 15 is 0 Å². The van der Waals surface area contributed by atoms with E-state index < -0.39 is 0 Å². The number of aryl methyl sites for hydroxylation is 3. The molecule has 1 N–H and O–H groups in total. The van der Waals surface area contributed by atoms with Crippen molar-refractivity contribution in [3.05, 3.63) is 41.0 Å². The van der Waals surface area contributed by atoms with Gasteiger partial charge in [-0.15, -0.1) is 0 Å². The van der Waals surface area contributed by atoms with Gasteiger partial charge in [0.2, 0.25) is 5.91 Å². The predicted octanol–water partition coefficient (Wildman–Crippen LogP) is 3.18. The van der Waals surface area contributed by atoms with Crippen molar-refractivity contribution in [3.63, 3.8) is 0 Å². The Morgan fingerprint density at radius 2 is 1.96 bits per heavy atom. The summed E-state index contributed by atoms with van der Waals surface area (Å²) in [6.45, 7) is 6.02. The number of carbonyl (C=O) groups excluding carboxylic acids is 1. The van der Waals surface area contributed by atoms with E-state index in [1.54, 1.807) is 6.20 Å². The Morgan fingerprint density at radius 1 is 1.22 bits per heavy atom. The molecule has 27 heavy (non-hydrogen) atoms. The Kier molecular flexibility index (Phi) is 6.14. The third-order valence-electron chi connectivity index (χ3n) is 5.55. The molecule has 2 aromatic rings. The van der Waals surface area contributed by atoms with E-state index in [2.05, 4.69) is 22.3 Å². The van der Waals surface area contributed by atoms with E-state index in [0.29, 0.717) is 6.42 Å². The smallest absolute Gasteiger partial charge is 0.220 e. The Balaban J connectivity index is 1.42. The number of amides is 1. The van der Waals surface area contributed by atoms with Gasteiger partial charge < -0.3 is 10.1 Å². The van der Waals surface area contributed by atoms with Crippen molar-refractivity contribution in [1.82, 2.24) is 20.1 Å². The quantitative estimate of drug-likeness (QED) is 0.848. The third-order valence-corrected chi connectivity index (χ3v) is 5.55. The van der Waals surface area contributed by atoms with Gasteiger partial charge in [-0.1, -0.05) is 0 Å². The van der Waals surface area contributed by atoms with Gasteiger partial charge in [-0.05, 0) is 70.6 Å². The predicted molar refractivity (Wildman–Crippen MR) is 105 cm³/mol. The van der Waals surface area contributed by atoms with Gasteiger partial charge in [0.05, 0.1) is 17.5 Å². The van der Waals surface area contributed by atoms with Crippen molar-refractivity contribution >= 4 is 5.91 Å². The summed E-state index contributed by atoms with van der Waals surface area (Å²) >= 11 is 0. The van der Waals surface area contributed by atoms with Gasteiger partial charge in [-0.3, -0.25) is 14.5 Å². The molecule has 0 atom stereocenters. The van der Waals surface area contributed by atoms with Crippen molar-refractivity contribution in [2.24, 2.45) is 7.05 Å². The molecule has 6 nitrogen and oxygen atoms in total. The van der Waals surface area contributed by atoms with Crippen LogP contribution in [-0.4, -0.2) is 32.8 Å². The van der Waals surface area contributed by atoms with E-state index in [9.17, 15) is 4.79 Å². The first-order chi connectivity index (χ1) is 12.9. The number of nitrogens with one attached hydrogen (secondary N) is 1. The molecule has 0 aromatic carbocycles. The lowest BCUT2D eigenvalue weighted by atomic mass is 9.92. The minimum atomic E-state index is 0.130. The molecule has 0 radical (unpaired) electrons. The summed E-state index contributed by atoms with van der Waals surface area (Å²) in [5, 5.41) is 7.62. The molecule has 1 amide bonds. The van der Waals surface area contributed by atoms with Crippen LogP contribution in [0.25, 0.3) is 0 Å². The minimum Gasteiger partial charge on any atom is -0.489 e. The number of hydrogen-bond acceptors (Lipinski definition) is 4. The molecule has 1 fully saturated rings. The summed E-state index contributed by atoms with van der Waals surface area (Å²) in [7, 11) is 1.94. The Morgan fingerprint density at radius 3 is 2.59 bits per heavy atom. The highest BCUT2D eigenvalue weighted by Crippen LogP contribution is 2.25. The maximum atomic E-state index is 12.4. The molecule has 6 heteroatoms. The van der Waals surface area contributed by atoms with E-state index in [4.69, 9.17) is 4.74 Å². The van der Waals surface area contributed by atoms with Crippen molar-refractivity contribution in [1.29, 1.82) is 0 Å². The molecule has 0 aliphatic heterocycles.